The van der Waals surface area contributed by atoms with Crippen LogP contribution in [0.4, 0.5) is 18.9 Å². The lowest BCUT2D eigenvalue weighted by molar-refractivity contribution is -0.137. The van der Waals surface area contributed by atoms with Gasteiger partial charge in [0, 0.05) is 36.6 Å². The van der Waals surface area contributed by atoms with Crippen molar-refractivity contribution in [2.45, 2.75) is 31.9 Å². The fraction of sp³-hybridized carbons (Fsp3) is 0.250. The number of Topliss-reactive ketones (excluding diaryl/α,β-unsaturated/α-hetero) is 1. The van der Waals surface area contributed by atoms with Gasteiger partial charge in [-0.05, 0) is 59.9 Å². The molecule has 1 saturated heterocycles. The molecule has 1 aliphatic rings. The minimum atomic E-state index is -4.43. The number of rotatable bonds is 7. The minimum Gasteiger partial charge on any atom is -0.366 e. The van der Waals surface area contributed by atoms with E-state index in [-0.39, 0.29) is 38.0 Å². The molecule has 1 fully saturated rings. The van der Waals surface area contributed by atoms with Crippen molar-refractivity contribution in [3.63, 3.8) is 0 Å². The molecule has 4 rings (SSSR count). The second-order valence-corrected chi connectivity index (χ2v) is 8.90. The normalized spacial score (nSPS) is 15.7. The topological polar surface area (TPSA) is 80.5 Å². The number of halogens is 3. The first-order chi connectivity index (χ1) is 17.1. The molecule has 0 spiro atoms. The molecular weight excluding hydrogens is 501 g/mol. The fourth-order valence-corrected chi connectivity index (χ4v) is 4.55. The highest BCUT2D eigenvalue weighted by Crippen LogP contribution is 2.31. The van der Waals surface area contributed by atoms with Crippen LogP contribution in [0.15, 0.2) is 72.8 Å². The van der Waals surface area contributed by atoms with Crippen molar-refractivity contribution in [3.05, 3.63) is 89.5 Å². The number of nitrogens with two attached hydrogens (primary N) is 1. The summed E-state index contributed by atoms with van der Waals surface area (Å²) in [5.41, 5.74) is 7.80. The average Bonchev–Trinajstić information content (AvgIpc) is 2.85. The van der Waals surface area contributed by atoms with Gasteiger partial charge in [0.25, 0.3) is 0 Å². The molecule has 0 radical (unpaired) electrons. The number of nitrogens with zero attached hydrogens (tertiary/aromatic N) is 1. The van der Waals surface area contributed by atoms with Crippen LogP contribution in [0, 0.1) is 5.92 Å². The Labute approximate surface area is 219 Å². The van der Waals surface area contributed by atoms with Crippen molar-refractivity contribution in [2.75, 3.05) is 11.4 Å². The second kappa shape index (κ2) is 11.6. The fourth-order valence-electron chi connectivity index (χ4n) is 4.55. The number of piperidine rings is 1. The van der Waals surface area contributed by atoms with Gasteiger partial charge in [0.2, 0.25) is 11.8 Å². The number of carbonyl (C=O) groups is 3. The Kier molecular flexibility index (Phi) is 8.81. The van der Waals surface area contributed by atoms with E-state index in [0.717, 1.165) is 24.1 Å². The van der Waals surface area contributed by atoms with Gasteiger partial charge in [-0.25, -0.2) is 0 Å². The maximum atomic E-state index is 13.2. The van der Waals surface area contributed by atoms with E-state index in [0.29, 0.717) is 35.3 Å². The first kappa shape index (κ1) is 28.0. The summed E-state index contributed by atoms with van der Waals surface area (Å²) in [5, 5.41) is 0. The number of amides is 2. The van der Waals surface area contributed by atoms with E-state index >= 15 is 0 Å². The summed E-state index contributed by atoms with van der Waals surface area (Å²) in [5.74, 6) is -1.33. The van der Waals surface area contributed by atoms with E-state index in [1.165, 1.54) is 12.1 Å². The van der Waals surface area contributed by atoms with Gasteiger partial charge in [-0.3, -0.25) is 14.4 Å². The first-order valence-corrected chi connectivity index (χ1v) is 11.6. The van der Waals surface area contributed by atoms with Crippen molar-refractivity contribution in [2.24, 2.45) is 11.7 Å². The van der Waals surface area contributed by atoms with Crippen LogP contribution in [0.5, 0.6) is 0 Å². The number of hydrogen-bond acceptors (Lipinski definition) is 3. The highest BCUT2D eigenvalue weighted by atomic mass is 32.1. The molecule has 5 nitrogen and oxygen atoms in total. The molecule has 9 heteroatoms. The molecule has 1 atom stereocenters. The van der Waals surface area contributed by atoms with Gasteiger partial charge in [0.1, 0.15) is 5.78 Å². The molecule has 0 unspecified atom stereocenters. The quantitative estimate of drug-likeness (QED) is 0.438. The average molecular weight is 529 g/mol. The van der Waals surface area contributed by atoms with Crippen LogP contribution in [0.25, 0.3) is 11.1 Å². The number of anilines is 1. The Balaban J connectivity index is 0.00000380. The smallest absolute Gasteiger partial charge is 0.366 e. The predicted octanol–water partition coefficient (Wildman–Crippen LogP) is 5.53. The summed E-state index contributed by atoms with van der Waals surface area (Å²) < 4.78 is 38.2. The van der Waals surface area contributed by atoms with Crippen LogP contribution < -0.4 is 10.6 Å². The number of benzene rings is 3. The molecule has 1 heterocycles. The first-order valence-electron chi connectivity index (χ1n) is 11.6. The highest BCUT2D eigenvalue weighted by molar-refractivity contribution is 7.59. The van der Waals surface area contributed by atoms with Crippen molar-refractivity contribution < 1.29 is 27.6 Å². The molecule has 0 bridgehead atoms. The molecule has 0 aromatic heterocycles. The molecule has 2 amide bonds. The highest BCUT2D eigenvalue weighted by Gasteiger charge is 2.32. The van der Waals surface area contributed by atoms with Gasteiger partial charge in [-0.15, -0.1) is 0 Å². The van der Waals surface area contributed by atoms with E-state index in [1.807, 2.05) is 18.2 Å². The van der Waals surface area contributed by atoms with Crippen LogP contribution >= 0.6 is 13.5 Å². The zero-order valence-corrected chi connectivity index (χ0v) is 20.9. The Morgan fingerprint density at radius 1 is 0.946 bits per heavy atom. The van der Waals surface area contributed by atoms with Crippen LogP contribution in [-0.4, -0.2) is 24.1 Å². The lowest BCUT2D eigenvalue weighted by Gasteiger charge is -2.32. The Hall–Kier alpha value is -3.59. The molecule has 1 aliphatic heterocycles. The number of carbonyl (C=O) groups excluding carboxylic acids is 3. The van der Waals surface area contributed by atoms with E-state index < -0.39 is 23.6 Å². The minimum absolute atomic E-state index is 0. The number of alkyl halides is 3. The number of primary amides is 1. The van der Waals surface area contributed by atoms with E-state index in [4.69, 9.17) is 5.73 Å². The molecule has 3 aromatic rings. The van der Waals surface area contributed by atoms with Crippen LogP contribution in [0.2, 0.25) is 0 Å². The van der Waals surface area contributed by atoms with E-state index in [1.54, 1.807) is 35.2 Å². The number of ketones is 1. The molecule has 37 heavy (non-hydrogen) atoms. The zero-order chi connectivity index (χ0) is 25.9. The van der Waals surface area contributed by atoms with Crippen LogP contribution in [0.1, 0.15) is 40.7 Å². The van der Waals surface area contributed by atoms with Crippen molar-refractivity contribution in [1.29, 1.82) is 0 Å². The van der Waals surface area contributed by atoms with Crippen molar-refractivity contribution >= 4 is 36.8 Å². The summed E-state index contributed by atoms with van der Waals surface area (Å²) in [6.45, 7) is 0.527. The van der Waals surface area contributed by atoms with Gasteiger partial charge in [0.05, 0.1) is 5.56 Å². The zero-order valence-electron chi connectivity index (χ0n) is 19.9. The second-order valence-electron chi connectivity index (χ2n) is 8.90. The Morgan fingerprint density at radius 2 is 1.59 bits per heavy atom. The summed E-state index contributed by atoms with van der Waals surface area (Å²) in [6.07, 6.45) is -3.09. The summed E-state index contributed by atoms with van der Waals surface area (Å²) in [6, 6.07) is 18.8. The molecule has 0 saturated carbocycles. The Bertz CT molecular complexity index is 1280. The molecule has 0 aliphatic carbocycles. The van der Waals surface area contributed by atoms with Gasteiger partial charge in [0.15, 0.2) is 0 Å². The largest absolute Gasteiger partial charge is 0.416 e. The predicted molar refractivity (Wildman–Crippen MR) is 141 cm³/mol. The van der Waals surface area contributed by atoms with E-state index in [2.05, 4.69) is 0 Å². The third-order valence-electron chi connectivity index (χ3n) is 6.39. The van der Waals surface area contributed by atoms with Gasteiger partial charge < -0.3 is 10.6 Å². The van der Waals surface area contributed by atoms with E-state index in [9.17, 15) is 27.6 Å². The molecule has 3 aromatic carbocycles. The van der Waals surface area contributed by atoms with Crippen molar-refractivity contribution in [3.8, 4) is 11.1 Å². The lowest BCUT2D eigenvalue weighted by Crippen LogP contribution is -2.42. The van der Waals surface area contributed by atoms with Crippen LogP contribution in [-0.2, 0) is 22.2 Å². The monoisotopic (exact) mass is 528 g/mol. The lowest BCUT2D eigenvalue weighted by atomic mass is 9.89. The maximum absolute atomic E-state index is 13.2. The summed E-state index contributed by atoms with van der Waals surface area (Å²) >= 11 is 0. The van der Waals surface area contributed by atoms with Crippen LogP contribution in [0.3, 0.4) is 0 Å². The van der Waals surface area contributed by atoms with Crippen molar-refractivity contribution in [1.82, 2.24) is 0 Å². The van der Waals surface area contributed by atoms with Gasteiger partial charge in [-0.1, -0.05) is 42.5 Å². The van der Waals surface area contributed by atoms with Gasteiger partial charge in [-0.2, -0.15) is 26.7 Å². The summed E-state index contributed by atoms with van der Waals surface area (Å²) in [7, 11) is 0. The SMILES string of the molecule is NC(=O)c1ccccc1-c1ccc(N2CCC[C@H](CC(=O)Cc3ccc(C(F)(F)F)cc3)C2=O)cc1.S. The van der Waals surface area contributed by atoms with Gasteiger partial charge >= 0.3 is 6.18 Å². The Morgan fingerprint density at radius 3 is 2.22 bits per heavy atom. The summed E-state index contributed by atoms with van der Waals surface area (Å²) in [4.78, 5) is 39.2. The third-order valence-corrected chi connectivity index (χ3v) is 6.39. The maximum Gasteiger partial charge on any atom is 0.416 e. The number of hydrogen-bond donors (Lipinski definition) is 1. The molecular formula is C28H27F3N2O3S. The molecule has 194 valence electrons. The standard InChI is InChI=1S/C28H25F3N2O3.H2S/c29-28(30,31)21-11-7-18(8-12-21)16-23(34)17-20-4-3-15-33(27(20)36)22-13-9-19(10-14-22)24-5-1-2-6-25(24)26(32)35;/h1-2,5-14,20H,3-4,15-17H2,(H2,32,35);1H2/t20-;/m1./s1. The molecule has 2 N–H and O–H groups in total. The third kappa shape index (κ3) is 6.60.